The van der Waals surface area contributed by atoms with Crippen molar-refractivity contribution in [2.75, 3.05) is 6.54 Å². The van der Waals surface area contributed by atoms with Gasteiger partial charge in [0.2, 0.25) is 0 Å². The Morgan fingerprint density at radius 3 is 2.61 bits per heavy atom. The predicted molar refractivity (Wildman–Crippen MR) is 69.9 cm³/mol. The van der Waals surface area contributed by atoms with Crippen molar-refractivity contribution in [1.29, 1.82) is 0 Å². The lowest BCUT2D eigenvalue weighted by molar-refractivity contribution is 0.174. The summed E-state index contributed by atoms with van der Waals surface area (Å²) in [6.07, 6.45) is 2.99. The summed E-state index contributed by atoms with van der Waals surface area (Å²) in [7, 11) is 0. The van der Waals surface area contributed by atoms with Crippen molar-refractivity contribution < 1.29 is 5.11 Å². The molecular formula is C14H17N3O. The van der Waals surface area contributed by atoms with Crippen LogP contribution in [-0.4, -0.2) is 21.6 Å². The average molecular weight is 243 g/mol. The standard InChI is InChI=1S/C14H17N3O/c1-11-7-17-13(9-16-11)8-15-10-14(18)12-5-3-2-4-6-12/h2-7,9,14-15,18H,8,10H2,1H3. The molecule has 4 nitrogen and oxygen atoms in total. The molecule has 2 N–H and O–H groups in total. The maximum atomic E-state index is 9.94. The second kappa shape index (κ2) is 6.23. The number of benzene rings is 1. The van der Waals surface area contributed by atoms with E-state index in [1.54, 1.807) is 12.4 Å². The normalized spacial score (nSPS) is 12.3. The van der Waals surface area contributed by atoms with Crippen LogP contribution in [0.5, 0.6) is 0 Å². The summed E-state index contributed by atoms with van der Waals surface area (Å²) < 4.78 is 0. The first-order valence-electron chi connectivity index (χ1n) is 5.97. The second-order valence-corrected chi connectivity index (χ2v) is 4.21. The van der Waals surface area contributed by atoms with Crippen molar-refractivity contribution in [1.82, 2.24) is 15.3 Å². The highest BCUT2D eigenvalue weighted by atomic mass is 16.3. The van der Waals surface area contributed by atoms with Crippen molar-refractivity contribution >= 4 is 0 Å². The van der Waals surface area contributed by atoms with E-state index < -0.39 is 6.10 Å². The highest BCUT2D eigenvalue weighted by molar-refractivity contribution is 5.17. The van der Waals surface area contributed by atoms with Gasteiger partial charge in [-0.15, -0.1) is 0 Å². The zero-order valence-corrected chi connectivity index (χ0v) is 10.4. The molecule has 1 aromatic carbocycles. The first-order valence-corrected chi connectivity index (χ1v) is 5.97. The summed E-state index contributed by atoms with van der Waals surface area (Å²) in [4.78, 5) is 8.41. The minimum Gasteiger partial charge on any atom is -0.387 e. The topological polar surface area (TPSA) is 58.0 Å². The van der Waals surface area contributed by atoms with Gasteiger partial charge in [-0.2, -0.15) is 0 Å². The van der Waals surface area contributed by atoms with Crippen LogP contribution in [0.15, 0.2) is 42.7 Å². The van der Waals surface area contributed by atoms with Crippen LogP contribution in [0.1, 0.15) is 23.1 Å². The van der Waals surface area contributed by atoms with Gasteiger partial charge in [0, 0.05) is 25.5 Å². The van der Waals surface area contributed by atoms with Crippen LogP contribution in [0.3, 0.4) is 0 Å². The third-order valence-electron chi connectivity index (χ3n) is 2.66. The molecule has 0 fully saturated rings. The Morgan fingerprint density at radius 2 is 1.94 bits per heavy atom. The first kappa shape index (κ1) is 12.7. The van der Waals surface area contributed by atoms with Gasteiger partial charge < -0.3 is 10.4 Å². The van der Waals surface area contributed by atoms with Gasteiger partial charge in [-0.1, -0.05) is 30.3 Å². The quantitative estimate of drug-likeness (QED) is 0.837. The average Bonchev–Trinajstić information content (AvgIpc) is 2.42. The fourth-order valence-corrected chi connectivity index (χ4v) is 1.64. The summed E-state index contributed by atoms with van der Waals surface area (Å²) in [5, 5.41) is 13.1. The molecule has 94 valence electrons. The summed E-state index contributed by atoms with van der Waals surface area (Å²) in [6.45, 7) is 3.01. The largest absolute Gasteiger partial charge is 0.387 e. The SMILES string of the molecule is Cc1cnc(CNCC(O)c2ccccc2)cn1. The molecular weight excluding hydrogens is 226 g/mol. The Balaban J connectivity index is 1.80. The van der Waals surface area contributed by atoms with Crippen molar-refractivity contribution in [3.63, 3.8) is 0 Å². The molecule has 1 unspecified atom stereocenters. The molecule has 0 aliphatic heterocycles. The maximum Gasteiger partial charge on any atom is 0.0914 e. The van der Waals surface area contributed by atoms with Gasteiger partial charge in [0.15, 0.2) is 0 Å². The van der Waals surface area contributed by atoms with Crippen LogP contribution < -0.4 is 5.32 Å². The number of hydrogen-bond acceptors (Lipinski definition) is 4. The van der Waals surface area contributed by atoms with E-state index in [9.17, 15) is 5.11 Å². The molecule has 2 aromatic rings. The van der Waals surface area contributed by atoms with Crippen LogP contribution in [0, 0.1) is 6.92 Å². The number of nitrogens with one attached hydrogen (secondary N) is 1. The molecule has 1 heterocycles. The van der Waals surface area contributed by atoms with E-state index in [0.717, 1.165) is 17.0 Å². The summed E-state index contributed by atoms with van der Waals surface area (Å²) in [5.74, 6) is 0. The zero-order valence-electron chi connectivity index (χ0n) is 10.4. The van der Waals surface area contributed by atoms with E-state index in [4.69, 9.17) is 0 Å². The number of aliphatic hydroxyl groups excluding tert-OH is 1. The first-order chi connectivity index (χ1) is 8.75. The Bertz CT molecular complexity index is 470. The Morgan fingerprint density at radius 1 is 1.17 bits per heavy atom. The van der Waals surface area contributed by atoms with E-state index >= 15 is 0 Å². The third kappa shape index (κ3) is 3.61. The minimum absolute atomic E-state index is 0.496. The van der Waals surface area contributed by atoms with Crippen LogP contribution >= 0.6 is 0 Å². The van der Waals surface area contributed by atoms with Crippen LogP contribution in [0.25, 0.3) is 0 Å². The molecule has 18 heavy (non-hydrogen) atoms. The van der Waals surface area contributed by atoms with Gasteiger partial charge in [-0.05, 0) is 12.5 Å². The molecule has 0 saturated carbocycles. The molecule has 0 bridgehead atoms. The van der Waals surface area contributed by atoms with Gasteiger partial charge >= 0.3 is 0 Å². The molecule has 0 aliphatic carbocycles. The van der Waals surface area contributed by atoms with Crippen molar-refractivity contribution in [2.45, 2.75) is 19.6 Å². The Hall–Kier alpha value is -1.78. The highest BCUT2D eigenvalue weighted by Crippen LogP contribution is 2.10. The minimum atomic E-state index is -0.496. The van der Waals surface area contributed by atoms with E-state index in [1.807, 2.05) is 37.3 Å². The van der Waals surface area contributed by atoms with Gasteiger partial charge in [0.05, 0.1) is 17.5 Å². The third-order valence-corrected chi connectivity index (χ3v) is 2.66. The number of nitrogens with zero attached hydrogens (tertiary/aromatic N) is 2. The van der Waals surface area contributed by atoms with Crippen molar-refractivity contribution in [3.05, 3.63) is 59.7 Å². The number of aromatic nitrogens is 2. The van der Waals surface area contributed by atoms with E-state index in [1.165, 1.54) is 0 Å². The van der Waals surface area contributed by atoms with E-state index in [2.05, 4.69) is 15.3 Å². The van der Waals surface area contributed by atoms with E-state index in [-0.39, 0.29) is 0 Å². The Labute approximate surface area is 107 Å². The lowest BCUT2D eigenvalue weighted by Gasteiger charge is -2.11. The molecule has 4 heteroatoms. The van der Waals surface area contributed by atoms with Gasteiger partial charge in [-0.3, -0.25) is 9.97 Å². The maximum absolute atomic E-state index is 9.94. The highest BCUT2D eigenvalue weighted by Gasteiger charge is 2.05. The lowest BCUT2D eigenvalue weighted by atomic mass is 10.1. The lowest BCUT2D eigenvalue weighted by Crippen LogP contribution is -2.21. The molecule has 0 amide bonds. The molecule has 0 radical (unpaired) electrons. The molecule has 0 aliphatic rings. The van der Waals surface area contributed by atoms with E-state index in [0.29, 0.717) is 13.1 Å². The van der Waals surface area contributed by atoms with Crippen LogP contribution in [-0.2, 0) is 6.54 Å². The van der Waals surface area contributed by atoms with Crippen LogP contribution in [0.2, 0.25) is 0 Å². The van der Waals surface area contributed by atoms with Gasteiger partial charge in [-0.25, -0.2) is 0 Å². The van der Waals surface area contributed by atoms with Gasteiger partial charge in [0.25, 0.3) is 0 Å². The monoisotopic (exact) mass is 243 g/mol. The predicted octanol–water partition coefficient (Wildman–Crippen LogP) is 1.61. The number of aliphatic hydroxyl groups is 1. The van der Waals surface area contributed by atoms with Crippen LogP contribution in [0.4, 0.5) is 0 Å². The Kier molecular flexibility index (Phi) is 4.39. The number of rotatable bonds is 5. The molecule has 0 spiro atoms. The fourth-order valence-electron chi connectivity index (χ4n) is 1.64. The number of hydrogen-bond donors (Lipinski definition) is 2. The molecule has 1 atom stereocenters. The van der Waals surface area contributed by atoms with Gasteiger partial charge in [0.1, 0.15) is 0 Å². The molecule has 1 aromatic heterocycles. The smallest absolute Gasteiger partial charge is 0.0914 e. The summed E-state index contributed by atoms with van der Waals surface area (Å²) in [5.41, 5.74) is 2.70. The second-order valence-electron chi connectivity index (χ2n) is 4.21. The summed E-state index contributed by atoms with van der Waals surface area (Å²) in [6, 6.07) is 9.61. The van der Waals surface area contributed by atoms with Crippen molar-refractivity contribution in [3.8, 4) is 0 Å². The summed E-state index contributed by atoms with van der Waals surface area (Å²) >= 11 is 0. The van der Waals surface area contributed by atoms with Crippen molar-refractivity contribution in [2.24, 2.45) is 0 Å². The fraction of sp³-hybridized carbons (Fsp3) is 0.286. The molecule has 0 saturated heterocycles. The molecule has 2 rings (SSSR count). The number of aryl methyl sites for hydroxylation is 1. The zero-order chi connectivity index (χ0) is 12.8.